The lowest BCUT2D eigenvalue weighted by atomic mass is 10.3. The molecule has 0 bridgehead atoms. The van der Waals surface area contributed by atoms with E-state index in [0.29, 0.717) is 29.7 Å². The quantitative estimate of drug-likeness (QED) is 0.778. The molecule has 1 aromatic rings. The fraction of sp³-hybridized carbons (Fsp3) is 0.400. The number of nitrogens with two attached hydrogens (primary N) is 1. The Morgan fingerprint density at radius 1 is 1.64 bits per heavy atom. The van der Waals surface area contributed by atoms with Gasteiger partial charge in [-0.2, -0.15) is 5.26 Å². The molecule has 1 aliphatic carbocycles. The summed E-state index contributed by atoms with van der Waals surface area (Å²) in [7, 11) is 0. The zero-order valence-electron chi connectivity index (χ0n) is 7.73. The molecule has 1 fully saturated rings. The van der Waals surface area contributed by atoms with E-state index in [1.807, 2.05) is 6.07 Å². The van der Waals surface area contributed by atoms with E-state index in [1.165, 1.54) is 19.0 Å². The average molecular weight is 189 g/mol. The Labute approximate surface area is 82.3 Å². The van der Waals surface area contributed by atoms with Gasteiger partial charge in [-0.1, -0.05) is 0 Å². The second-order valence-corrected chi connectivity index (χ2v) is 3.48. The van der Waals surface area contributed by atoms with E-state index in [-0.39, 0.29) is 0 Å². The van der Waals surface area contributed by atoms with Crippen molar-refractivity contribution in [1.29, 1.82) is 5.26 Å². The molecule has 0 aromatic carbocycles. The van der Waals surface area contributed by atoms with Crippen molar-refractivity contribution in [3.63, 3.8) is 0 Å². The molecule has 0 aliphatic heterocycles. The lowest BCUT2D eigenvalue weighted by molar-refractivity contribution is 0.290. The second-order valence-electron chi connectivity index (χ2n) is 3.48. The summed E-state index contributed by atoms with van der Waals surface area (Å²) in [5.74, 6) is 1.11. The van der Waals surface area contributed by atoms with E-state index in [9.17, 15) is 0 Å². The van der Waals surface area contributed by atoms with Crippen LogP contribution in [0.2, 0.25) is 0 Å². The van der Waals surface area contributed by atoms with Crippen LogP contribution in [-0.2, 0) is 0 Å². The van der Waals surface area contributed by atoms with Crippen molar-refractivity contribution in [3.05, 3.63) is 17.8 Å². The van der Waals surface area contributed by atoms with Gasteiger partial charge in [-0.05, 0) is 24.8 Å². The third kappa shape index (κ3) is 1.94. The van der Waals surface area contributed by atoms with Crippen molar-refractivity contribution in [1.82, 2.24) is 4.98 Å². The van der Waals surface area contributed by atoms with Gasteiger partial charge in [0.05, 0.1) is 17.9 Å². The van der Waals surface area contributed by atoms with Gasteiger partial charge < -0.3 is 10.5 Å². The summed E-state index contributed by atoms with van der Waals surface area (Å²) < 4.78 is 5.41. The van der Waals surface area contributed by atoms with Crippen LogP contribution in [0.25, 0.3) is 0 Å². The number of nitrogen functional groups attached to an aromatic ring is 1. The van der Waals surface area contributed by atoms with Crippen LogP contribution in [0.4, 0.5) is 5.69 Å². The lowest BCUT2D eigenvalue weighted by Crippen LogP contribution is -2.03. The molecule has 2 N–H and O–H groups in total. The number of aromatic nitrogens is 1. The van der Waals surface area contributed by atoms with Crippen LogP contribution in [0, 0.1) is 17.2 Å². The molecule has 1 aromatic heterocycles. The summed E-state index contributed by atoms with van der Waals surface area (Å²) >= 11 is 0. The van der Waals surface area contributed by atoms with Gasteiger partial charge in [-0.3, -0.25) is 0 Å². The minimum absolute atomic E-state index is 0.435. The SMILES string of the molecule is N#Cc1cnc(OCC2CC2)c(N)c1. The van der Waals surface area contributed by atoms with E-state index < -0.39 is 0 Å². The van der Waals surface area contributed by atoms with E-state index in [2.05, 4.69) is 4.98 Å². The average Bonchev–Trinajstić information content (AvgIpc) is 2.99. The van der Waals surface area contributed by atoms with Gasteiger partial charge in [0, 0.05) is 6.20 Å². The molecule has 2 rings (SSSR count). The highest BCUT2D eigenvalue weighted by molar-refractivity contribution is 5.51. The number of ether oxygens (including phenoxy) is 1. The van der Waals surface area contributed by atoms with Gasteiger partial charge in [0.2, 0.25) is 5.88 Å². The van der Waals surface area contributed by atoms with E-state index >= 15 is 0 Å². The minimum Gasteiger partial charge on any atom is -0.476 e. The van der Waals surface area contributed by atoms with Crippen LogP contribution in [0.15, 0.2) is 12.3 Å². The smallest absolute Gasteiger partial charge is 0.237 e. The van der Waals surface area contributed by atoms with Crippen molar-refractivity contribution in [2.24, 2.45) is 5.92 Å². The summed E-state index contributed by atoms with van der Waals surface area (Å²) in [5.41, 5.74) is 6.56. The number of anilines is 1. The first-order chi connectivity index (χ1) is 6.79. The van der Waals surface area contributed by atoms with Crippen molar-refractivity contribution >= 4 is 5.69 Å². The summed E-state index contributed by atoms with van der Waals surface area (Å²) in [6.07, 6.45) is 3.94. The van der Waals surface area contributed by atoms with Crippen LogP contribution < -0.4 is 10.5 Å². The maximum absolute atomic E-state index is 8.59. The molecule has 0 saturated heterocycles. The van der Waals surface area contributed by atoms with Crippen LogP contribution in [0.1, 0.15) is 18.4 Å². The maximum atomic E-state index is 8.59. The topological polar surface area (TPSA) is 71.9 Å². The first-order valence-corrected chi connectivity index (χ1v) is 4.58. The zero-order valence-corrected chi connectivity index (χ0v) is 7.73. The number of nitrogens with zero attached hydrogens (tertiary/aromatic N) is 2. The van der Waals surface area contributed by atoms with Gasteiger partial charge in [-0.15, -0.1) is 0 Å². The molecule has 1 aliphatic rings. The van der Waals surface area contributed by atoms with Gasteiger partial charge in [-0.25, -0.2) is 4.98 Å². The van der Waals surface area contributed by atoms with Crippen molar-refractivity contribution < 1.29 is 4.74 Å². The number of rotatable bonds is 3. The van der Waals surface area contributed by atoms with Gasteiger partial charge >= 0.3 is 0 Å². The standard InChI is InChI=1S/C10H11N3O/c11-4-8-3-9(12)10(13-5-8)14-6-7-1-2-7/h3,5,7H,1-2,6,12H2. The molecule has 1 saturated carbocycles. The normalized spacial score (nSPS) is 14.8. The molecule has 0 spiro atoms. The molecule has 1 heterocycles. The van der Waals surface area contributed by atoms with Crippen molar-refractivity contribution in [3.8, 4) is 11.9 Å². The Morgan fingerprint density at radius 2 is 2.43 bits per heavy atom. The van der Waals surface area contributed by atoms with Crippen LogP contribution >= 0.6 is 0 Å². The molecule has 0 radical (unpaired) electrons. The Kier molecular flexibility index (Phi) is 2.23. The van der Waals surface area contributed by atoms with E-state index in [4.69, 9.17) is 15.7 Å². The first kappa shape index (κ1) is 8.82. The molecule has 4 nitrogen and oxygen atoms in total. The lowest BCUT2D eigenvalue weighted by Gasteiger charge is -2.06. The van der Waals surface area contributed by atoms with Crippen molar-refractivity contribution in [2.45, 2.75) is 12.8 Å². The molecule has 0 atom stereocenters. The van der Waals surface area contributed by atoms with E-state index in [0.717, 1.165) is 0 Å². The highest BCUT2D eigenvalue weighted by Gasteiger charge is 2.22. The van der Waals surface area contributed by atoms with Gasteiger partial charge in [0.25, 0.3) is 0 Å². The molecule has 72 valence electrons. The predicted octanol–water partition coefficient (Wildman–Crippen LogP) is 1.32. The van der Waals surface area contributed by atoms with Crippen LogP contribution in [0.3, 0.4) is 0 Å². The summed E-state index contributed by atoms with van der Waals surface area (Å²) in [5, 5.41) is 8.59. The summed E-state index contributed by atoms with van der Waals surface area (Å²) in [4.78, 5) is 3.98. The Bertz CT molecular complexity index is 379. The largest absolute Gasteiger partial charge is 0.476 e. The first-order valence-electron chi connectivity index (χ1n) is 4.58. The Hall–Kier alpha value is -1.76. The minimum atomic E-state index is 0.435. The third-order valence-electron chi connectivity index (χ3n) is 2.16. The Morgan fingerprint density at radius 3 is 3.00 bits per heavy atom. The van der Waals surface area contributed by atoms with Gasteiger partial charge in [0.1, 0.15) is 6.07 Å². The highest BCUT2D eigenvalue weighted by Crippen LogP contribution is 2.30. The fourth-order valence-corrected chi connectivity index (χ4v) is 1.13. The highest BCUT2D eigenvalue weighted by atomic mass is 16.5. The molecule has 14 heavy (non-hydrogen) atoms. The summed E-state index contributed by atoms with van der Waals surface area (Å²) in [6.45, 7) is 0.684. The Balaban J connectivity index is 2.05. The van der Waals surface area contributed by atoms with Gasteiger partial charge in [0.15, 0.2) is 0 Å². The third-order valence-corrected chi connectivity index (χ3v) is 2.16. The zero-order chi connectivity index (χ0) is 9.97. The summed E-state index contributed by atoms with van der Waals surface area (Å²) in [6, 6.07) is 3.55. The van der Waals surface area contributed by atoms with Crippen LogP contribution in [-0.4, -0.2) is 11.6 Å². The van der Waals surface area contributed by atoms with Crippen molar-refractivity contribution in [2.75, 3.05) is 12.3 Å². The molecule has 0 unspecified atom stereocenters. The molecule has 0 amide bonds. The fourth-order valence-electron chi connectivity index (χ4n) is 1.13. The van der Waals surface area contributed by atoms with E-state index in [1.54, 1.807) is 6.07 Å². The van der Waals surface area contributed by atoms with Crippen LogP contribution in [0.5, 0.6) is 5.88 Å². The molecular formula is C10H11N3O. The maximum Gasteiger partial charge on any atom is 0.237 e. The monoisotopic (exact) mass is 189 g/mol. The number of nitriles is 1. The number of pyridine rings is 1. The molecular weight excluding hydrogens is 178 g/mol. The predicted molar refractivity (Wildman–Crippen MR) is 51.6 cm³/mol. The molecule has 4 heteroatoms. The number of hydrogen-bond acceptors (Lipinski definition) is 4. The number of hydrogen-bond donors (Lipinski definition) is 1. The second kappa shape index (κ2) is 3.54.